The number of rotatable bonds is 6. The van der Waals surface area contributed by atoms with Gasteiger partial charge in [0.15, 0.2) is 11.2 Å². The molecule has 0 radical (unpaired) electrons. The van der Waals surface area contributed by atoms with Crippen molar-refractivity contribution in [3.05, 3.63) is 62.1 Å². The molecule has 0 aliphatic carbocycles. The van der Waals surface area contributed by atoms with Gasteiger partial charge in [0, 0.05) is 29.5 Å². The number of fused-ring (bicyclic) bond motifs is 2. The molecule has 2 aromatic carbocycles. The standard InChI is InChI=1S/C17H12ClN3O5S/c18-10-2-4-14-12(8-10)19-16(25-14)27-7-1-6-20-13-9-11(21(23)24)3-5-15(13)26-17(20)22/h2-5,8-9H,1,6-7H2. The third kappa shape index (κ3) is 3.56. The van der Waals surface area contributed by atoms with Crippen LogP contribution in [0.2, 0.25) is 5.02 Å². The van der Waals surface area contributed by atoms with E-state index in [2.05, 4.69) is 4.98 Å². The molecule has 27 heavy (non-hydrogen) atoms. The van der Waals surface area contributed by atoms with E-state index in [1.807, 2.05) is 0 Å². The minimum Gasteiger partial charge on any atom is -0.431 e. The first-order chi connectivity index (χ1) is 13.0. The molecule has 2 aromatic heterocycles. The van der Waals surface area contributed by atoms with E-state index in [0.29, 0.717) is 51.2 Å². The summed E-state index contributed by atoms with van der Waals surface area (Å²) in [5.41, 5.74) is 2.00. The number of nitrogens with zero attached hydrogens (tertiary/aromatic N) is 3. The highest BCUT2D eigenvalue weighted by Gasteiger charge is 2.14. The molecule has 0 amide bonds. The van der Waals surface area contributed by atoms with E-state index < -0.39 is 10.7 Å². The summed E-state index contributed by atoms with van der Waals surface area (Å²) in [5, 5.41) is 12.0. The third-order valence-electron chi connectivity index (χ3n) is 3.94. The Morgan fingerprint density at radius 2 is 2.00 bits per heavy atom. The van der Waals surface area contributed by atoms with Crippen molar-refractivity contribution in [2.45, 2.75) is 18.2 Å². The lowest BCUT2D eigenvalue weighted by atomic mass is 10.3. The number of non-ortho nitro benzene ring substituents is 1. The fraction of sp³-hybridized carbons (Fsp3) is 0.176. The van der Waals surface area contributed by atoms with Crippen LogP contribution in [0.5, 0.6) is 0 Å². The quantitative estimate of drug-likeness (QED) is 0.201. The molecule has 0 saturated carbocycles. The van der Waals surface area contributed by atoms with E-state index in [0.717, 1.165) is 0 Å². The summed E-state index contributed by atoms with van der Waals surface area (Å²) in [6.45, 7) is 0.367. The van der Waals surface area contributed by atoms with Crippen molar-refractivity contribution in [3.8, 4) is 0 Å². The van der Waals surface area contributed by atoms with Crippen molar-refractivity contribution in [2.75, 3.05) is 5.75 Å². The van der Waals surface area contributed by atoms with Gasteiger partial charge >= 0.3 is 5.76 Å². The van der Waals surface area contributed by atoms with Crippen molar-refractivity contribution in [1.29, 1.82) is 0 Å². The number of hydrogen-bond acceptors (Lipinski definition) is 7. The third-order valence-corrected chi connectivity index (χ3v) is 5.09. The highest BCUT2D eigenvalue weighted by atomic mass is 35.5. The van der Waals surface area contributed by atoms with E-state index in [1.54, 1.807) is 18.2 Å². The lowest BCUT2D eigenvalue weighted by Crippen LogP contribution is -2.14. The second-order valence-corrected chi connectivity index (χ2v) is 7.21. The Morgan fingerprint density at radius 3 is 2.81 bits per heavy atom. The Kier molecular flexibility index (Phi) is 4.63. The lowest BCUT2D eigenvalue weighted by Gasteiger charge is -2.01. The van der Waals surface area contributed by atoms with Gasteiger partial charge < -0.3 is 8.83 Å². The number of nitro groups is 1. The summed E-state index contributed by atoms with van der Waals surface area (Å²) in [5.74, 6) is 0.112. The molecule has 4 rings (SSSR count). The van der Waals surface area contributed by atoms with Crippen LogP contribution in [-0.2, 0) is 6.54 Å². The maximum absolute atomic E-state index is 12.0. The molecule has 0 unspecified atom stereocenters. The van der Waals surface area contributed by atoms with Crippen LogP contribution >= 0.6 is 23.4 Å². The van der Waals surface area contributed by atoms with Crippen LogP contribution in [0, 0.1) is 10.1 Å². The molecule has 2 heterocycles. The Balaban J connectivity index is 1.45. The van der Waals surface area contributed by atoms with Crippen LogP contribution in [0.1, 0.15) is 6.42 Å². The summed E-state index contributed by atoms with van der Waals surface area (Å²) < 4.78 is 12.2. The second-order valence-electron chi connectivity index (χ2n) is 5.72. The van der Waals surface area contributed by atoms with Crippen LogP contribution < -0.4 is 5.76 Å². The van der Waals surface area contributed by atoms with Crippen molar-refractivity contribution >= 4 is 51.2 Å². The number of aromatic nitrogens is 2. The number of oxazole rings is 2. The van der Waals surface area contributed by atoms with Crippen molar-refractivity contribution in [2.24, 2.45) is 0 Å². The smallest absolute Gasteiger partial charge is 0.419 e. The first-order valence-corrected chi connectivity index (χ1v) is 9.34. The summed E-state index contributed by atoms with van der Waals surface area (Å²) in [6.07, 6.45) is 0.626. The normalized spacial score (nSPS) is 11.4. The van der Waals surface area contributed by atoms with Crippen molar-refractivity contribution < 1.29 is 13.8 Å². The molecule has 4 aromatic rings. The molecule has 0 aliphatic rings. The second kappa shape index (κ2) is 7.09. The number of aryl methyl sites for hydroxylation is 1. The van der Waals surface area contributed by atoms with E-state index in [1.165, 1.54) is 34.5 Å². The fourth-order valence-corrected chi connectivity index (χ4v) is 3.63. The zero-order chi connectivity index (χ0) is 19.0. The van der Waals surface area contributed by atoms with Crippen LogP contribution in [0.4, 0.5) is 5.69 Å². The van der Waals surface area contributed by atoms with Crippen molar-refractivity contribution in [3.63, 3.8) is 0 Å². The highest BCUT2D eigenvalue weighted by molar-refractivity contribution is 7.99. The maximum atomic E-state index is 12.0. The highest BCUT2D eigenvalue weighted by Crippen LogP contribution is 2.26. The van der Waals surface area contributed by atoms with Gasteiger partial charge in [0.05, 0.1) is 10.4 Å². The Hall–Kier alpha value is -2.78. The van der Waals surface area contributed by atoms with E-state index >= 15 is 0 Å². The summed E-state index contributed by atoms with van der Waals surface area (Å²) in [4.78, 5) is 26.8. The molecular weight excluding hydrogens is 394 g/mol. The Bertz CT molecular complexity index is 1210. The molecule has 138 valence electrons. The first kappa shape index (κ1) is 17.6. The monoisotopic (exact) mass is 405 g/mol. The number of thioether (sulfide) groups is 1. The van der Waals surface area contributed by atoms with E-state index in [9.17, 15) is 14.9 Å². The molecule has 10 heteroatoms. The van der Waals surface area contributed by atoms with Gasteiger partial charge in [-0.3, -0.25) is 14.7 Å². The molecule has 0 atom stereocenters. The molecule has 0 spiro atoms. The van der Waals surface area contributed by atoms with Gasteiger partial charge in [-0.1, -0.05) is 23.4 Å². The zero-order valence-corrected chi connectivity index (χ0v) is 15.3. The van der Waals surface area contributed by atoms with Gasteiger partial charge in [0.1, 0.15) is 5.52 Å². The van der Waals surface area contributed by atoms with Gasteiger partial charge in [-0.15, -0.1) is 0 Å². The summed E-state index contributed by atoms with van der Waals surface area (Å²) in [6, 6.07) is 9.32. The van der Waals surface area contributed by atoms with Crippen LogP contribution in [0.15, 0.2) is 55.2 Å². The van der Waals surface area contributed by atoms with E-state index in [-0.39, 0.29) is 5.69 Å². The molecule has 0 aliphatic heterocycles. The SMILES string of the molecule is O=c1oc2ccc([N+](=O)[O-])cc2n1CCCSc1nc2cc(Cl)ccc2o1. The maximum Gasteiger partial charge on any atom is 0.419 e. The average Bonchev–Trinajstić information content (AvgIpc) is 3.17. The molecule has 8 nitrogen and oxygen atoms in total. The number of hydrogen-bond donors (Lipinski definition) is 0. The number of nitro benzene ring substituents is 1. The van der Waals surface area contributed by atoms with E-state index in [4.69, 9.17) is 20.4 Å². The largest absolute Gasteiger partial charge is 0.431 e. The van der Waals surface area contributed by atoms with Gasteiger partial charge in [-0.25, -0.2) is 9.78 Å². The lowest BCUT2D eigenvalue weighted by molar-refractivity contribution is -0.384. The molecule has 0 saturated heterocycles. The zero-order valence-electron chi connectivity index (χ0n) is 13.8. The minimum absolute atomic E-state index is 0.0865. The van der Waals surface area contributed by atoms with Gasteiger partial charge in [-0.05, 0) is 30.7 Å². The van der Waals surface area contributed by atoms with Crippen LogP contribution in [0.3, 0.4) is 0 Å². The molecular formula is C17H12ClN3O5S. The Morgan fingerprint density at radius 1 is 1.19 bits per heavy atom. The van der Waals surface area contributed by atoms with Gasteiger partial charge in [0.25, 0.3) is 10.9 Å². The topological polar surface area (TPSA) is 104 Å². The van der Waals surface area contributed by atoms with Crippen LogP contribution in [-0.4, -0.2) is 20.2 Å². The molecule has 0 N–H and O–H groups in total. The Labute approximate surface area is 160 Å². The molecule has 0 bridgehead atoms. The fourth-order valence-electron chi connectivity index (χ4n) is 2.70. The van der Waals surface area contributed by atoms with Crippen molar-refractivity contribution in [1.82, 2.24) is 9.55 Å². The molecule has 0 fully saturated rings. The predicted octanol–water partition coefficient (Wildman–Crippen LogP) is 4.48. The summed E-state index contributed by atoms with van der Waals surface area (Å²) >= 11 is 7.35. The van der Waals surface area contributed by atoms with Gasteiger partial charge in [0.2, 0.25) is 0 Å². The average molecular weight is 406 g/mol. The summed E-state index contributed by atoms with van der Waals surface area (Å²) in [7, 11) is 0. The van der Waals surface area contributed by atoms with Crippen LogP contribution in [0.25, 0.3) is 22.2 Å². The minimum atomic E-state index is -0.535. The predicted molar refractivity (Wildman–Crippen MR) is 101 cm³/mol. The van der Waals surface area contributed by atoms with Gasteiger partial charge in [-0.2, -0.15) is 0 Å². The first-order valence-electron chi connectivity index (χ1n) is 7.98. The number of benzene rings is 2. The number of halogens is 1.